The zero-order valence-electron chi connectivity index (χ0n) is 22.4. The molecule has 0 unspecified atom stereocenters. The van der Waals surface area contributed by atoms with Gasteiger partial charge in [0.25, 0.3) is 0 Å². The lowest BCUT2D eigenvalue weighted by molar-refractivity contribution is 0.0372. The van der Waals surface area contributed by atoms with Gasteiger partial charge in [-0.25, -0.2) is 23.9 Å². The number of nitrogens with one attached hydrogen (secondary N) is 2. The van der Waals surface area contributed by atoms with Gasteiger partial charge in [0.2, 0.25) is 0 Å². The molecule has 2 N–H and O–H groups in total. The lowest BCUT2D eigenvalue weighted by atomic mass is 10.2. The largest absolute Gasteiger partial charge is 0.459 e. The molecule has 0 spiro atoms. The van der Waals surface area contributed by atoms with Crippen molar-refractivity contribution in [2.45, 2.75) is 78.2 Å². The Morgan fingerprint density at radius 2 is 1.87 bits per heavy atom. The van der Waals surface area contributed by atoms with Crippen LogP contribution in [0.2, 0.25) is 0 Å². The minimum Gasteiger partial charge on any atom is -0.459 e. The highest BCUT2D eigenvalue weighted by atomic mass is 19.1. The van der Waals surface area contributed by atoms with Crippen LogP contribution in [0.25, 0.3) is 33.6 Å². The number of amides is 1. The number of esters is 1. The maximum absolute atomic E-state index is 15.0. The number of benzene rings is 1. The number of nitrogens with zero attached hydrogens (tertiary/aromatic N) is 3. The summed E-state index contributed by atoms with van der Waals surface area (Å²) in [7, 11) is 0. The summed E-state index contributed by atoms with van der Waals surface area (Å²) in [5.41, 5.74) is 2.45. The Hall–Kier alpha value is -3.95. The number of halogens is 1. The first-order valence-electron chi connectivity index (χ1n) is 12.8. The monoisotopic (exact) mass is 521 g/mol. The maximum Gasteiger partial charge on any atom is 0.408 e. The molecule has 38 heavy (non-hydrogen) atoms. The summed E-state index contributed by atoms with van der Waals surface area (Å²) in [4.78, 5) is 37.5. The number of aromatic amines is 1. The third-order valence-electron chi connectivity index (χ3n) is 6.17. The van der Waals surface area contributed by atoms with E-state index >= 15 is 0 Å². The highest BCUT2D eigenvalue weighted by molar-refractivity contribution is 5.95. The van der Waals surface area contributed by atoms with Crippen LogP contribution in [0.15, 0.2) is 30.3 Å². The number of ether oxygens (including phenoxy) is 2. The summed E-state index contributed by atoms with van der Waals surface area (Å²) in [6, 6.07) is 8.38. The number of imidazole rings is 1. The molecular weight excluding hydrogens is 489 g/mol. The zero-order chi connectivity index (χ0) is 27.4. The van der Waals surface area contributed by atoms with E-state index in [-0.39, 0.29) is 23.8 Å². The van der Waals surface area contributed by atoms with Crippen LogP contribution < -0.4 is 5.32 Å². The van der Waals surface area contributed by atoms with Crippen LogP contribution in [-0.4, -0.2) is 43.3 Å². The second-order valence-corrected chi connectivity index (χ2v) is 11.0. The number of fused-ring (bicyclic) bond motifs is 2. The van der Waals surface area contributed by atoms with E-state index in [1.807, 2.05) is 50.5 Å². The molecule has 0 radical (unpaired) electrons. The smallest absolute Gasteiger partial charge is 0.408 e. The van der Waals surface area contributed by atoms with Crippen LogP contribution >= 0.6 is 0 Å². The summed E-state index contributed by atoms with van der Waals surface area (Å²) in [5, 5.41) is 3.68. The lowest BCUT2D eigenvalue weighted by Crippen LogP contribution is -2.34. The average Bonchev–Trinajstić information content (AvgIpc) is 3.44. The molecule has 1 amide bonds. The molecule has 1 aliphatic rings. The third-order valence-corrected chi connectivity index (χ3v) is 6.17. The predicted octanol–water partition coefficient (Wildman–Crippen LogP) is 6.20. The second-order valence-electron chi connectivity index (χ2n) is 11.0. The molecule has 1 fully saturated rings. The van der Waals surface area contributed by atoms with E-state index in [9.17, 15) is 14.0 Å². The van der Waals surface area contributed by atoms with Crippen molar-refractivity contribution in [2.24, 2.45) is 0 Å². The lowest BCUT2D eigenvalue weighted by Gasteiger charge is -2.21. The first kappa shape index (κ1) is 25.7. The van der Waals surface area contributed by atoms with Gasteiger partial charge in [-0.3, -0.25) is 0 Å². The molecular formula is C28H32FN5O4. The van der Waals surface area contributed by atoms with E-state index in [4.69, 9.17) is 19.4 Å². The van der Waals surface area contributed by atoms with Gasteiger partial charge >= 0.3 is 12.1 Å². The topological polar surface area (TPSA) is 111 Å². The second kappa shape index (κ2) is 9.41. The van der Waals surface area contributed by atoms with E-state index in [1.54, 1.807) is 13.8 Å². The fraction of sp³-hybridized carbons (Fsp3) is 0.429. The van der Waals surface area contributed by atoms with E-state index in [0.717, 1.165) is 23.9 Å². The molecule has 0 bridgehead atoms. The van der Waals surface area contributed by atoms with Crippen LogP contribution in [0.3, 0.4) is 0 Å². The van der Waals surface area contributed by atoms with Crippen LogP contribution in [-0.2, 0) is 9.47 Å². The van der Waals surface area contributed by atoms with Crippen molar-refractivity contribution in [3.05, 3.63) is 47.4 Å². The predicted molar refractivity (Wildman–Crippen MR) is 141 cm³/mol. The highest BCUT2D eigenvalue weighted by Gasteiger charge is 2.31. The molecule has 5 rings (SSSR count). The van der Waals surface area contributed by atoms with Crippen LogP contribution in [0.4, 0.5) is 9.18 Å². The average molecular weight is 522 g/mol. The van der Waals surface area contributed by atoms with Gasteiger partial charge in [-0.1, -0.05) is 0 Å². The third kappa shape index (κ3) is 5.20. The number of hydrogen-bond donors (Lipinski definition) is 2. The molecule has 0 aliphatic heterocycles. The molecule has 3 aromatic heterocycles. The standard InChI is InChI=1S/C28H32FN5O4/c1-14(2)37-26(35)18-12-21-23(13-19(18)29)34(17-8-9-17)25(33-21)22-11-16-7-10-20(31-24(16)32-22)15(3)30-27(36)38-28(4,5)6/h7,10-15,17H,8-9H2,1-6H3,(H,30,36)(H,31,32)/t15-/m1/s1. The summed E-state index contributed by atoms with van der Waals surface area (Å²) in [6.07, 6.45) is 1.06. The normalized spacial score (nSPS) is 14.7. The number of hydrogen-bond acceptors (Lipinski definition) is 6. The Labute approximate surface area is 219 Å². The van der Waals surface area contributed by atoms with Gasteiger partial charge in [0.15, 0.2) is 5.82 Å². The molecule has 9 nitrogen and oxygen atoms in total. The Balaban J connectivity index is 1.49. The fourth-order valence-corrected chi connectivity index (χ4v) is 4.38. The first-order valence-corrected chi connectivity index (χ1v) is 12.8. The van der Waals surface area contributed by atoms with E-state index < -0.39 is 23.5 Å². The summed E-state index contributed by atoms with van der Waals surface area (Å²) < 4.78 is 27.5. The highest BCUT2D eigenvalue weighted by Crippen LogP contribution is 2.42. The number of H-pyrrole nitrogens is 1. The SMILES string of the molecule is CC(C)OC(=O)c1cc2nc(-c3cc4ccc([C@@H](C)NC(=O)OC(C)(C)C)nc4[nH]3)n(C3CC3)c2cc1F. The van der Waals surface area contributed by atoms with Crippen molar-refractivity contribution in [3.8, 4) is 11.5 Å². The molecule has 3 heterocycles. The summed E-state index contributed by atoms with van der Waals surface area (Å²) in [5.74, 6) is -0.694. The quantitative estimate of drug-likeness (QED) is 0.292. The number of carbonyl (C=O) groups excluding carboxylic acids is 2. The molecule has 200 valence electrons. The molecule has 1 aliphatic carbocycles. The van der Waals surface area contributed by atoms with E-state index in [0.29, 0.717) is 28.2 Å². The first-order chi connectivity index (χ1) is 17.9. The summed E-state index contributed by atoms with van der Waals surface area (Å²) >= 11 is 0. The molecule has 4 aromatic rings. The van der Waals surface area contributed by atoms with Gasteiger partial charge in [0.1, 0.15) is 17.1 Å². The Bertz CT molecular complexity index is 1540. The van der Waals surface area contributed by atoms with E-state index in [2.05, 4.69) is 10.3 Å². The van der Waals surface area contributed by atoms with Crippen molar-refractivity contribution < 1.29 is 23.5 Å². The number of carbonyl (C=O) groups is 2. The molecule has 1 saturated carbocycles. The van der Waals surface area contributed by atoms with Gasteiger partial charge < -0.3 is 24.3 Å². The minimum absolute atomic E-state index is 0.132. The van der Waals surface area contributed by atoms with Gasteiger partial charge in [-0.15, -0.1) is 0 Å². The Morgan fingerprint density at radius 1 is 1.13 bits per heavy atom. The fourth-order valence-electron chi connectivity index (χ4n) is 4.38. The number of aromatic nitrogens is 4. The Kier molecular flexibility index (Phi) is 6.36. The zero-order valence-corrected chi connectivity index (χ0v) is 22.4. The van der Waals surface area contributed by atoms with Crippen LogP contribution in [0.1, 0.15) is 82.5 Å². The summed E-state index contributed by atoms with van der Waals surface area (Å²) in [6.45, 7) is 10.7. The number of pyridine rings is 1. The van der Waals surface area contributed by atoms with E-state index in [1.165, 1.54) is 12.1 Å². The van der Waals surface area contributed by atoms with Crippen molar-refractivity contribution >= 4 is 34.1 Å². The van der Waals surface area contributed by atoms with Gasteiger partial charge in [0.05, 0.1) is 40.1 Å². The number of alkyl carbamates (subject to hydrolysis) is 1. The van der Waals surface area contributed by atoms with Gasteiger partial charge in [-0.05, 0) is 78.6 Å². The minimum atomic E-state index is -0.710. The van der Waals surface area contributed by atoms with Crippen molar-refractivity contribution in [1.82, 2.24) is 24.8 Å². The van der Waals surface area contributed by atoms with Crippen molar-refractivity contribution in [2.75, 3.05) is 0 Å². The molecule has 10 heteroatoms. The molecule has 1 aromatic carbocycles. The molecule has 1 atom stereocenters. The van der Waals surface area contributed by atoms with Crippen LogP contribution in [0, 0.1) is 5.82 Å². The van der Waals surface area contributed by atoms with Gasteiger partial charge in [-0.2, -0.15) is 0 Å². The van der Waals surface area contributed by atoms with Crippen molar-refractivity contribution in [3.63, 3.8) is 0 Å². The number of rotatable bonds is 6. The maximum atomic E-state index is 15.0. The van der Waals surface area contributed by atoms with Crippen LogP contribution in [0.5, 0.6) is 0 Å². The molecule has 0 saturated heterocycles. The van der Waals surface area contributed by atoms with Gasteiger partial charge in [0, 0.05) is 17.5 Å². The van der Waals surface area contributed by atoms with Crippen molar-refractivity contribution in [1.29, 1.82) is 0 Å². The Morgan fingerprint density at radius 3 is 2.53 bits per heavy atom.